The quantitative estimate of drug-likeness (QED) is 0.797. The van der Waals surface area contributed by atoms with Gasteiger partial charge < -0.3 is 14.8 Å². The zero-order valence-electron chi connectivity index (χ0n) is 14.0. The van der Waals surface area contributed by atoms with Crippen LogP contribution in [0.4, 0.5) is 5.69 Å². The van der Waals surface area contributed by atoms with Gasteiger partial charge in [0.05, 0.1) is 12.2 Å². The lowest BCUT2D eigenvalue weighted by atomic mass is 9.98. The molecule has 23 heavy (non-hydrogen) atoms. The number of nitrogens with one attached hydrogen (secondary N) is 1. The highest BCUT2D eigenvalue weighted by atomic mass is 16.5. The summed E-state index contributed by atoms with van der Waals surface area (Å²) in [4.78, 5) is 12.6. The molecule has 1 amide bonds. The van der Waals surface area contributed by atoms with E-state index in [4.69, 9.17) is 9.47 Å². The fourth-order valence-corrected chi connectivity index (χ4v) is 2.59. The lowest BCUT2D eigenvalue weighted by Crippen LogP contribution is -2.44. The Morgan fingerprint density at radius 3 is 2.74 bits per heavy atom. The van der Waals surface area contributed by atoms with Gasteiger partial charge in [-0.25, -0.2) is 0 Å². The van der Waals surface area contributed by atoms with Gasteiger partial charge in [0.1, 0.15) is 17.4 Å². The molecule has 1 fully saturated rings. The van der Waals surface area contributed by atoms with Gasteiger partial charge in [-0.15, -0.1) is 0 Å². The van der Waals surface area contributed by atoms with Gasteiger partial charge in [-0.3, -0.25) is 4.79 Å². The van der Waals surface area contributed by atoms with E-state index in [1.165, 1.54) is 0 Å². The number of nitriles is 1. The number of amides is 1. The molecule has 0 bridgehead atoms. The highest BCUT2D eigenvalue weighted by Gasteiger charge is 2.48. The molecule has 1 saturated carbocycles. The van der Waals surface area contributed by atoms with Crippen LogP contribution in [0.15, 0.2) is 18.2 Å². The number of anilines is 1. The Morgan fingerprint density at radius 2 is 2.17 bits per heavy atom. The minimum atomic E-state index is -0.807. The van der Waals surface area contributed by atoms with Crippen molar-refractivity contribution < 1.29 is 14.3 Å². The number of benzene rings is 1. The highest BCUT2D eigenvalue weighted by Crippen LogP contribution is 2.42. The Morgan fingerprint density at radius 1 is 1.43 bits per heavy atom. The van der Waals surface area contributed by atoms with Crippen molar-refractivity contribution in [3.8, 4) is 11.8 Å². The summed E-state index contributed by atoms with van der Waals surface area (Å²) in [5, 5.41) is 12.1. The summed E-state index contributed by atoms with van der Waals surface area (Å²) in [7, 11) is 0. The van der Waals surface area contributed by atoms with Gasteiger partial charge in [0.25, 0.3) is 5.91 Å². The van der Waals surface area contributed by atoms with Crippen LogP contribution in [-0.4, -0.2) is 24.7 Å². The first-order valence-electron chi connectivity index (χ1n) is 8.17. The zero-order valence-corrected chi connectivity index (χ0v) is 14.0. The Bertz CT molecular complexity index is 605. The molecule has 0 aromatic heterocycles. The van der Waals surface area contributed by atoms with Crippen LogP contribution >= 0.6 is 0 Å². The minimum absolute atomic E-state index is 0.159. The van der Waals surface area contributed by atoms with Crippen LogP contribution < -0.4 is 10.1 Å². The summed E-state index contributed by atoms with van der Waals surface area (Å²) >= 11 is 0. The first-order chi connectivity index (χ1) is 11.0. The molecule has 1 aliphatic carbocycles. The van der Waals surface area contributed by atoms with Crippen molar-refractivity contribution in [3.63, 3.8) is 0 Å². The van der Waals surface area contributed by atoms with E-state index in [1.807, 2.05) is 20.8 Å². The molecule has 0 aliphatic heterocycles. The largest absolute Gasteiger partial charge is 0.492 e. The number of nitrogens with zero attached hydrogens (tertiary/aromatic N) is 1. The third kappa shape index (κ3) is 4.02. The molecule has 0 unspecified atom stereocenters. The maximum absolute atomic E-state index is 12.6. The highest BCUT2D eigenvalue weighted by molar-refractivity contribution is 5.97. The first kappa shape index (κ1) is 17.3. The van der Waals surface area contributed by atoms with E-state index < -0.39 is 5.60 Å². The third-order valence-corrected chi connectivity index (χ3v) is 4.07. The van der Waals surface area contributed by atoms with Gasteiger partial charge in [-0.2, -0.15) is 5.26 Å². The van der Waals surface area contributed by atoms with E-state index in [2.05, 4.69) is 11.4 Å². The van der Waals surface area contributed by atoms with E-state index in [0.29, 0.717) is 30.2 Å². The molecule has 1 aromatic carbocycles. The molecular weight excluding hydrogens is 292 g/mol. The van der Waals surface area contributed by atoms with Crippen molar-refractivity contribution >= 4 is 11.6 Å². The molecule has 5 heteroatoms. The molecule has 1 N–H and O–H groups in total. The fraction of sp³-hybridized carbons (Fsp3) is 0.556. The van der Waals surface area contributed by atoms with Gasteiger partial charge in [-0.1, -0.05) is 6.92 Å². The van der Waals surface area contributed by atoms with Crippen molar-refractivity contribution in [3.05, 3.63) is 23.8 Å². The maximum atomic E-state index is 12.6. The summed E-state index contributed by atoms with van der Waals surface area (Å²) in [5.74, 6) is 0.653. The van der Waals surface area contributed by atoms with E-state index in [0.717, 1.165) is 19.3 Å². The van der Waals surface area contributed by atoms with E-state index in [-0.39, 0.29) is 11.8 Å². The van der Waals surface area contributed by atoms with Gasteiger partial charge in [0, 0.05) is 12.3 Å². The zero-order chi connectivity index (χ0) is 16.9. The topological polar surface area (TPSA) is 71.3 Å². The summed E-state index contributed by atoms with van der Waals surface area (Å²) in [6.07, 6.45) is 2.89. The van der Waals surface area contributed by atoms with Crippen molar-refractivity contribution in [1.82, 2.24) is 0 Å². The SMILES string of the molecule is CCCOc1ccc(NC(=O)[C@@](C)(OCC)C2CC2)cc1C#N. The number of ether oxygens (including phenoxy) is 2. The second kappa shape index (κ2) is 7.47. The van der Waals surface area contributed by atoms with E-state index >= 15 is 0 Å². The summed E-state index contributed by atoms with van der Waals surface area (Å²) < 4.78 is 11.3. The van der Waals surface area contributed by atoms with Crippen molar-refractivity contribution in [1.29, 1.82) is 5.26 Å². The van der Waals surface area contributed by atoms with Crippen LogP contribution in [0.2, 0.25) is 0 Å². The molecule has 1 atom stereocenters. The maximum Gasteiger partial charge on any atom is 0.256 e. The third-order valence-electron chi connectivity index (χ3n) is 4.07. The standard InChI is InChI=1S/C18H24N2O3/c1-4-10-22-16-9-8-15(11-13(16)12-19)20-17(21)18(3,23-5-2)14-6-7-14/h8-9,11,14H,4-7,10H2,1-3H3,(H,20,21)/t18-/m0/s1. The number of hydrogen-bond donors (Lipinski definition) is 1. The Balaban J connectivity index is 2.13. The summed E-state index contributed by atoms with van der Waals surface area (Å²) in [5.41, 5.74) is 0.196. The number of hydrogen-bond acceptors (Lipinski definition) is 4. The molecule has 1 aromatic rings. The van der Waals surface area contributed by atoms with Crippen LogP contribution in [0.25, 0.3) is 0 Å². The molecule has 5 nitrogen and oxygen atoms in total. The minimum Gasteiger partial charge on any atom is -0.492 e. The molecule has 0 spiro atoms. The molecule has 0 heterocycles. The van der Waals surface area contributed by atoms with E-state index in [1.54, 1.807) is 18.2 Å². The smallest absolute Gasteiger partial charge is 0.256 e. The van der Waals surface area contributed by atoms with Crippen molar-refractivity contribution in [2.45, 2.75) is 45.6 Å². The average Bonchev–Trinajstić information content (AvgIpc) is 3.38. The van der Waals surface area contributed by atoms with Crippen LogP contribution in [0.3, 0.4) is 0 Å². The molecular formula is C18H24N2O3. The second-order valence-corrected chi connectivity index (χ2v) is 5.94. The summed E-state index contributed by atoms with van der Waals surface area (Å²) in [6, 6.07) is 7.22. The van der Waals surface area contributed by atoms with E-state index in [9.17, 15) is 10.1 Å². The Hall–Kier alpha value is -2.06. The van der Waals surface area contributed by atoms with Gasteiger partial charge in [0.2, 0.25) is 0 Å². The number of carbonyl (C=O) groups is 1. The van der Waals surface area contributed by atoms with Gasteiger partial charge in [-0.05, 0) is 57.2 Å². The fourth-order valence-electron chi connectivity index (χ4n) is 2.59. The van der Waals surface area contributed by atoms with Gasteiger partial charge >= 0.3 is 0 Å². The lowest BCUT2D eigenvalue weighted by Gasteiger charge is -2.28. The predicted molar refractivity (Wildman–Crippen MR) is 88.3 cm³/mol. The molecule has 124 valence electrons. The Kier molecular flexibility index (Phi) is 5.62. The van der Waals surface area contributed by atoms with Crippen molar-refractivity contribution in [2.24, 2.45) is 5.92 Å². The lowest BCUT2D eigenvalue weighted by molar-refractivity contribution is -0.141. The molecule has 1 aliphatic rings. The number of carbonyl (C=O) groups excluding carboxylic acids is 1. The van der Waals surface area contributed by atoms with Crippen LogP contribution in [0, 0.1) is 17.2 Å². The normalized spacial score (nSPS) is 16.3. The monoisotopic (exact) mass is 316 g/mol. The van der Waals surface area contributed by atoms with Crippen LogP contribution in [-0.2, 0) is 9.53 Å². The number of rotatable bonds is 8. The predicted octanol–water partition coefficient (Wildman–Crippen LogP) is 3.49. The van der Waals surface area contributed by atoms with Crippen LogP contribution in [0.5, 0.6) is 5.75 Å². The van der Waals surface area contributed by atoms with Gasteiger partial charge in [0.15, 0.2) is 0 Å². The molecule has 0 saturated heterocycles. The Labute approximate surface area is 137 Å². The summed E-state index contributed by atoms with van der Waals surface area (Å²) in [6.45, 7) is 6.79. The second-order valence-electron chi connectivity index (χ2n) is 5.94. The van der Waals surface area contributed by atoms with Crippen molar-refractivity contribution in [2.75, 3.05) is 18.5 Å². The molecule has 2 rings (SSSR count). The van der Waals surface area contributed by atoms with Crippen LogP contribution in [0.1, 0.15) is 45.6 Å². The first-order valence-corrected chi connectivity index (χ1v) is 8.17. The molecule has 0 radical (unpaired) electrons. The average molecular weight is 316 g/mol.